The van der Waals surface area contributed by atoms with E-state index in [4.69, 9.17) is 0 Å². The number of carbonyl (C=O) groups is 1. The molecule has 96 valence electrons. The van der Waals surface area contributed by atoms with E-state index in [9.17, 15) is 4.79 Å². The Morgan fingerprint density at radius 2 is 2.16 bits per heavy atom. The van der Waals surface area contributed by atoms with Crippen molar-refractivity contribution in [3.05, 3.63) is 41.1 Å². The molecule has 0 amide bonds. The van der Waals surface area contributed by atoms with Crippen LogP contribution in [0, 0.1) is 0 Å². The van der Waals surface area contributed by atoms with Gasteiger partial charge < -0.3 is 4.90 Å². The Kier molecular flexibility index (Phi) is 2.78. The minimum absolute atomic E-state index is 0.00693. The van der Waals surface area contributed by atoms with Crippen LogP contribution in [0.3, 0.4) is 0 Å². The van der Waals surface area contributed by atoms with Gasteiger partial charge in [0.1, 0.15) is 6.04 Å². The SMILES string of the molecule is CN(C)c1cccc(C2N=CC(=O)C3=C2N=CC3)c1. The Balaban J connectivity index is 2.03. The number of rotatable bonds is 2. The molecule has 0 bridgehead atoms. The zero-order chi connectivity index (χ0) is 13.4. The van der Waals surface area contributed by atoms with E-state index in [1.807, 2.05) is 26.2 Å². The van der Waals surface area contributed by atoms with Gasteiger partial charge >= 0.3 is 0 Å². The second kappa shape index (κ2) is 4.46. The van der Waals surface area contributed by atoms with E-state index in [1.54, 1.807) is 6.21 Å². The molecule has 1 unspecified atom stereocenters. The summed E-state index contributed by atoms with van der Waals surface area (Å²) in [6.07, 6.45) is 3.85. The fourth-order valence-electron chi connectivity index (χ4n) is 2.39. The summed E-state index contributed by atoms with van der Waals surface area (Å²) >= 11 is 0. The molecule has 0 spiro atoms. The first kappa shape index (κ1) is 11.8. The van der Waals surface area contributed by atoms with Crippen LogP contribution in [0.2, 0.25) is 0 Å². The van der Waals surface area contributed by atoms with Gasteiger partial charge in [-0.1, -0.05) is 12.1 Å². The summed E-state index contributed by atoms with van der Waals surface area (Å²) in [4.78, 5) is 22.5. The van der Waals surface area contributed by atoms with Crippen molar-refractivity contribution in [3.63, 3.8) is 0 Å². The zero-order valence-corrected chi connectivity index (χ0v) is 11.0. The number of carbonyl (C=O) groups excluding carboxylic acids is 1. The van der Waals surface area contributed by atoms with E-state index in [-0.39, 0.29) is 11.8 Å². The molecule has 4 nitrogen and oxygen atoms in total. The molecular formula is C15H15N3O. The molecule has 1 atom stereocenters. The number of aliphatic imine (C=N–C) groups is 2. The first-order valence-corrected chi connectivity index (χ1v) is 6.27. The fourth-order valence-corrected chi connectivity index (χ4v) is 2.39. The molecule has 1 aromatic carbocycles. The second-order valence-electron chi connectivity index (χ2n) is 4.91. The van der Waals surface area contributed by atoms with Crippen molar-refractivity contribution in [3.8, 4) is 0 Å². The standard InChI is InChI=1S/C15H15N3O/c1-18(2)11-5-3-4-10(8-11)14-15-12(6-7-16-15)13(19)9-17-14/h3-5,7-9,14H,6H2,1-2H3. The quantitative estimate of drug-likeness (QED) is 0.811. The summed E-state index contributed by atoms with van der Waals surface area (Å²) in [7, 11) is 4.01. The van der Waals surface area contributed by atoms with Crippen molar-refractivity contribution in [2.24, 2.45) is 9.98 Å². The van der Waals surface area contributed by atoms with Crippen LogP contribution in [0.25, 0.3) is 0 Å². The Labute approximate surface area is 112 Å². The van der Waals surface area contributed by atoms with Crippen molar-refractivity contribution in [1.29, 1.82) is 0 Å². The predicted octanol–water partition coefficient (Wildman–Crippen LogP) is 2.18. The monoisotopic (exact) mass is 253 g/mol. The maximum Gasteiger partial charge on any atom is 0.201 e. The third kappa shape index (κ3) is 1.99. The first-order valence-electron chi connectivity index (χ1n) is 6.27. The first-order chi connectivity index (χ1) is 9.16. The van der Waals surface area contributed by atoms with Crippen molar-refractivity contribution in [1.82, 2.24) is 0 Å². The third-order valence-corrected chi connectivity index (χ3v) is 3.43. The maximum atomic E-state index is 11.7. The summed E-state index contributed by atoms with van der Waals surface area (Å²) in [6, 6.07) is 8.04. The lowest BCUT2D eigenvalue weighted by atomic mass is 9.96. The molecule has 19 heavy (non-hydrogen) atoms. The summed E-state index contributed by atoms with van der Waals surface area (Å²) in [5.41, 5.74) is 3.79. The van der Waals surface area contributed by atoms with Crippen LogP contribution in [0.1, 0.15) is 18.0 Å². The van der Waals surface area contributed by atoms with Crippen molar-refractivity contribution in [2.75, 3.05) is 19.0 Å². The molecule has 2 aliphatic heterocycles. The summed E-state index contributed by atoms with van der Waals surface area (Å²) in [5, 5.41) is 0. The minimum atomic E-state index is -0.147. The van der Waals surface area contributed by atoms with E-state index in [2.05, 4.69) is 27.0 Å². The topological polar surface area (TPSA) is 45.0 Å². The van der Waals surface area contributed by atoms with Gasteiger partial charge in [-0.25, -0.2) is 0 Å². The van der Waals surface area contributed by atoms with E-state index in [1.165, 1.54) is 6.21 Å². The number of benzene rings is 1. The lowest BCUT2D eigenvalue weighted by Gasteiger charge is -2.20. The van der Waals surface area contributed by atoms with E-state index in [0.717, 1.165) is 22.5 Å². The normalized spacial score (nSPS) is 20.9. The molecule has 0 N–H and O–H groups in total. The highest BCUT2D eigenvalue weighted by molar-refractivity contribution is 6.37. The zero-order valence-electron chi connectivity index (χ0n) is 11.0. The minimum Gasteiger partial charge on any atom is -0.378 e. The number of nitrogens with zero attached hydrogens (tertiary/aromatic N) is 3. The Bertz CT molecular complexity index is 626. The Hall–Kier alpha value is -2.23. The average Bonchev–Trinajstić information content (AvgIpc) is 2.89. The molecule has 4 heteroatoms. The number of Topliss-reactive ketones (excluding diaryl/α,β-unsaturated/α-hetero) is 1. The lowest BCUT2D eigenvalue weighted by molar-refractivity contribution is -0.109. The number of ketones is 1. The largest absolute Gasteiger partial charge is 0.378 e. The van der Waals surface area contributed by atoms with Gasteiger partial charge in [0.15, 0.2) is 0 Å². The third-order valence-electron chi connectivity index (χ3n) is 3.43. The van der Waals surface area contributed by atoms with Gasteiger partial charge in [-0.2, -0.15) is 0 Å². The molecule has 2 heterocycles. The number of allylic oxidation sites excluding steroid dienone is 1. The smallest absolute Gasteiger partial charge is 0.201 e. The highest BCUT2D eigenvalue weighted by Gasteiger charge is 2.28. The summed E-state index contributed by atoms with van der Waals surface area (Å²) < 4.78 is 0. The number of hydrogen-bond acceptors (Lipinski definition) is 4. The van der Waals surface area contributed by atoms with Crippen LogP contribution in [-0.4, -0.2) is 32.3 Å². The van der Waals surface area contributed by atoms with Gasteiger partial charge in [0.2, 0.25) is 5.78 Å². The highest BCUT2D eigenvalue weighted by atomic mass is 16.1. The maximum absolute atomic E-state index is 11.7. The molecule has 0 saturated carbocycles. The van der Waals surface area contributed by atoms with Gasteiger partial charge in [0.25, 0.3) is 0 Å². The molecule has 3 rings (SSSR count). The number of hydrogen-bond donors (Lipinski definition) is 0. The molecule has 0 aliphatic carbocycles. The van der Waals surface area contributed by atoms with Gasteiger partial charge in [0, 0.05) is 38.0 Å². The average molecular weight is 253 g/mol. The molecule has 2 aliphatic rings. The van der Waals surface area contributed by atoms with Crippen molar-refractivity contribution >= 4 is 23.9 Å². The molecule has 1 aromatic rings. The lowest BCUT2D eigenvalue weighted by Crippen LogP contribution is -2.15. The van der Waals surface area contributed by atoms with Crippen LogP contribution in [0.15, 0.2) is 45.5 Å². The second-order valence-corrected chi connectivity index (χ2v) is 4.91. The summed E-state index contributed by atoms with van der Waals surface area (Å²) in [5.74, 6) is -0.00693. The van der Waals surface area contributed by atoms with Crippen LogP contribution < -0.4 is 4.90 Å². The number of anilines is 1. The predicted molar refractivity (Wildman–Crippen MR) is 77.1 cm³/mol. The molecular weight excluding hydrogens is 238 g/mol. The Morgan fingerprint density at radius 1 is 1.32 bits per heavy atom. The van der Waals surface area contributed by atoms with Gasteiger partial charge in [-0.3, -0.25) is 14.8 Å². The van der Waals surface area contributed by atoms with Crippen LogP contribution in [0.4, 0.5) is 5.69 Å². The molecule has 0 saturated heterocycles. The van der Waals surface area contributed by atoms with Crippen LogP contribution in [0.5, 0.6) is 0 Å². The van der Waals surface area contributed by atoms with E-state index >= 15 is 0 Å². The van der Waals surface area contributed by atoms with Gasteiger partial charge in [0.05, 0.1) is 11.9 Å². The summed E-state index contributed by atoms with van der Waals surface area (Å²) in [6.45, 7) is 0. The molecule has 0 radical (unpaired) electrons. The van der Waals surface area contributed by atoms with E-state index < -0.39 is 0 Å². The fraction of sp³-hybridized carbons (Fsp3) is 0.267. The van der Waals surface area contributed by atoms with Gasteiger partial charge in [-0.05, 0) is 17.7 Å². The van der Waals surface area contributed by atoms with Crippen LogP contribution in [-0.2, 0) is 4.79 Å². The molecule has 0 fully saturated rings. The number of dihydropyridines is 1. The van der Waals surface area contributed by atoms with Crippen molar-refractivity contribution < 1.29 is 4.79 Å². The van der Waals surface area contributed by atoms with Crippen LogP contribution >= 0.6 is 0 Å². The van der Waals surface area contributed by atoms with Crippen molar-refractivity contribution in [2.45, 2.75) is 12.5 Å². The molecule has 0 aromatic heterocycles. The highest BCUT2D eigenvalue weighted by Crippen LogP contribution is 2.36. The van der Waals surface area contributed by atoms with E-state index in [0.29, 0.717) is 6.42 Å². The van der Waals surface area contributed by atoms with Gasteiger partial charge in [-0.15, -0.1) is 0 Å². The Morgan fingerprint density at radius 3 is 2.95 bits per heavy atom.